The summed E-state index contributed by atoms with van der Waals surface area (Å²) in [4.78, 5) is 17.2. The van der Waals surface area contributed by atoms with Crippen LogP contribution in [0, 0.1) is 0 Å². The molecule has 0 amide bonds. The van der Waals surface area contributed by atoms with Gasteiger partial charge in [-0.15, -0.1) is 0 Å². The molecule has 0 bridgehead atoms. The van der Waals surface area contributed by atoms with Gasteiger partial charge in [0.05, 0.1) is 25.9 Å². The number of nitrogens with zero attached hydrogens (tertiary/aromatic N) is 2. The third-order valence-corrected chi connectivity index (χ3v) is 9.30. The van der Waals surface area contributed by atoms with Gasteiger partial charge in [0, 0.05) is 37.7 Å². The minimum atomic E-state index is -1.83. The lowest BCUT2D eigenvalue weighted by Crippen LogP contribution is -2.64. The Morgan fingerprint density at radius 3 is 2.04 bits per heavy atom. The van der Waals surface area contributed by atoms with Crippen LogP contribution in [-0.4, -0.2) is 172 Å². The third kappa shape index (κ3) is 9.32. The largest absolute Gasteiger partial charge is 0.431 e. The van der Waals surface area contributed by atoms with Gasteiger partial charge in [-0.3, -0.25) is 9.80 Å². The van der Waals surface area contributed by atoms with Gasteiger partial charge in [0.2, 0.25) is 6.29 Å². The zero-order valence-electron chi connectivity index (χ0n) is 26.8. The van der Waals surface area contributed by atoms with Gasteiger partial charge in [-0.25, -0.2) is 4.79 Å². The summed E-state index contributed by atoms with van der Waals surface area (Å²) in [6, 6.07) is 18.3. The molecule has 0 saturated carbocycles. The van der Waals surface area contributed by atoms with E-state index in [0.29, 0.717) is 11.6 Å². The molecule has 2 aromatic carbocycles. The zero-order valence-corrected chi connectivity index (χ0v) is 27.5. The molecule has 16 heteroatoms. The molecule has 3 aliphatic heterocycles. The number of piperazine rings is 1. The molecule has 3 aliphatic rings. The molecule has 49 heavy (non-hydrogen) atoms. The lowest BCUT2D eigenvalue weighted by atomic mass is 9.96. The number of benzene rings is 2. The standard InChI is InChI=1S/C33H45ClN2O13/c34-21-8-6-20(7-9-21)25(19-4-2-1-3-5-19)36-12-10-35(11-13-36)14-15-45-18-24(39)48-32-30(44)28(42)31(23(17-38)47-32)49-33-29(43)27(41)26(40)22(16-37)46-33/h1-9,22-23,25-33,37-38,40-44H,10-18H2/t22-,23-,25?,26+,27+,28-,29-,30-,31-,32+,33+/m1/s1. The number of esters is 1. The Balaban J connectivity index is 1.05. The molecule has 7 N–H and O–H groups in total. The van der Waals surface area contributed by atoms with Crippen molar-refractivity contribution in [3.63, 3.8) is 0 Å². The summed E-state index contributed by atoms with van der Waals surface area (Å²) >= 11 is 6.14. The minimum Gasteiger partial charge on any atom is -0.431 e. The maximum Gasteiger partial charge on any atom is 0.334 e. The van der Waals surface area contributed by atoms with Crippen molar-refractivity contribution in [3.05, 3.63) is 70.7 Å². The van der Waals surface area contributed by atoms with Gasteiger partial charge in [-0.2, -0.15) is 0 Å². The summed E-state index contributed by atoms with van der Waals surface area (Å²) in [5.74, 6) is -0.875. The maximum atomic E-state index is 12.5. The van der Waals surface area contributed by atoms with Crippen LogP contribution in [0.1, 0.15) is 17.2 Å². The van der Waals surface area contributed by atoms with Crippen molar-refractivity contribution in [3.8, 4) is 0 Å². The Morgan fingerprint density at radius 1 is 0.776 bits per heavy atom. The molecule has 3 saturated heterocycles. The molecule has 272 valence electrons. The van der Waals surface area contributed by atoms with Crippen molar-refractivity contribution < 1.29 is 64.2 Å². The number of aliphatic hydroxyl groups excluding tert-OH is 7. The predicted octanol–water partition coefficient (Wildman–Crippen LogP) is -1.77. The van der Waals surface area contributed by atoms with Crippen molar-refractivity contribution in [2.24, 2.45) is 0 Å². The number of hydrogen-bond acceptors (Lipinski definition) is 15. The fourth-order valence-electron chi connectivity index (χ4n) is 6.31. The molecule has 2 aromatic rings. The number of carbonyl (C=O) groups is 1. The second-order valence-electron chi connectivity index (χ2n) is 12.3. The van der Waals surface area contributed by atoms with E-state index in [1.165, 1.54) is 5.56 Å². The SMILES string of the molecule is O=C(COCCN1CCN(C(c2ccccc2)c2ccc(Cl)cc2)CC1)O[C@@H]1O[C@H](CO)[C@@H](O[C@@H]2O[C@H](CO)[C@H](O)[C@H](O)[C@H]2O)[C@H](O)[C@H]1O. The molecule has 5 rings (SSSR count). The van der Waals surface area contributed by atoms with E-state index in [1.807, 2.05) is 30.3 Å². The normalized spacial score (nSPS) is 33.6. The highest BCUT2D eigenvalue weighted by molar-refractivity contribution is 6.30. The average Bonchev–Trinajstić information content (AvgIpc) is 3.12. The molecule has 3 heterocycles. The van der Waals surface area contributed by atoms with Crippen LogP contribution in [0.15, 0.2) is 54.6 Å². The highest BCUT2D eigenvalue weighted by Crippen LogP contribution is 2.31. The fraction of sp³-hybridized carbons (Fsp3) is 0.606. The molecule has 3 fully saturated rings. The quantitative estimate of drug-likeness (QED) is 0.0905. The molecular formula is C33H45ClN2O13. The van der Waals surface area contributed by atoms with Crippen molar-refractivity contribution in [1.82, 2.24) is 9.80 Å². The van der Waals surface area contributed by atoms with Crippen molar-refractivity contribution in [2.75, 3.05) is 59.2 Å². The molecule has 0 aliphatic carbocycles. The Labute approximate surface area is 288 Å². The summed E-state index contributed by atoms with van der Waals surface area (Å²) in [5, 5.41) is 71.5. The Kier molecular flexibility index (Phi) is 13.7. The summed E-state index contributed by atoms with van der Waals surface area (Å²) in [5.41, 5.74) is 2.36. The molecule has 1 unspecified atom stereocenters. The van der Waals surface area contributed by atoms with E-state index in [-0.39, 0.29) is 12.6 Å². The predicted molar refractivity (Wildman–Crippen MR) is 171 cm³/mol. The molecule has 15 nitrogen and oxygen atoms in total. The summed E-state index contributed by atoms with van der Waals surface area (Å²) < 4.78 is 27.0. The first-order chi connectivity index (χ1) is 23.6. The van der Waals surface area contributed by atoms with Gasteiger partial charge in [-0.05, 0) is 23.3 Å². The second-order valence-corrected chi connectivity index (χ2v) is 12.7. The van der Waals surface area contributed by atoms with Crippen LogP contribution in [0.5, 0.6) is 0 Å². The van der Waals surface area contributed by atoms with Crippen molar-refractivity contribution in [1.29, 1.82) is 0 Å². The lowest BCUT2D eigenvalue weighted by molar-refractivity contribution is -0.356. The van der Waals surface area contributed by atoms with Gasteiger partial charge in [-0.1, -0.05) is 54.1 Å². The van der Waals surface area contributed by atoms with E-state index in [0.717, 1.165) is 31.7 Å². The molecule has 11 atom stereocenters. The van der Waals surface area contributed by atoms with Gasteiger partial charge in [0.1, 0.15) is 55.4 Å². The van der Waals surface area contributed by atoms with Crippen LogP contribution < -0.4 is 0 Å². The van der Waals surface area contributed by atoms with Gasteiger partial charge >= 0.3 is 5.97 Å². The van der Waals surface area contributed by atoms with Crippen molar-refractivity contribution >= 4 is 17.6 Å². The summed E-state index contributed by atoms with van der Waals surface area (Å²) in [7, 11) is 0. The number of carbonyl (C=O) groups excluding carboxylic acids is 1. The third-order valence-electron chi connectivity index (χ3n) is 9.05. The van der Waals surface area contributed by atoms with Crippen LogP contribution >= 0.6 is 11.6 Å². The molecule has 0 aromatic heterocycles. The second kappa shape index (κ2) is 17.7. The Hall–Kier alpha value is -2.32. The minimum absolute atomic E-state index is 0.0857. The van der Waals surface area contributed by atoms with Gasteiger partial charge in [0.15, 0.2) is 6.29 Å². The fourth-order valence-corrected chi connectivity index (χ4v) is 6.43. The number of ether oxygens (including phenoxy) is 5. The Bertz CT molecular complexity index is 1300. The first-order valence-corrected chi connectivity index (χ1v) is 16.6. The van der Waals surface area contributed by atoms with Crippen LogP contribution in [-0.2, 0) is 28.5 Å². The highest BCUT2D eigenvalue weighted by atomic mass is 35.5. The summed E-state index contributed by atoms with van der Waals surface area (Å²) in [6.07, 6.45) is -16.3. The van der Waals surface area contributed by atoms with E-state index < -0.39 is 87.2 Å². The number of halogens is 1. The van der Waals surface area contributed by atoms with Gasteiger partial charge < -0.3 is 59.4 Å². The number of aliphatic hydroxyl groups is 7. The zero-order chi connectivity index (χ0) is 35.1. The molecule has 0 radical (unpaired) electrons. The van der Waals surface area contributed by atoms with E-state index >= 15 is 0 Å². The van der Waals surface area contributed by atoms with Crippen LogP contribution in [0.4, 0.5) is 0 Å². The smallest absolute Gasteiger partial charge is 0.334 e. The maximum absolute atomic E-state index is 12.5. The molecular weight excluding hydrogens is 668 g/mol. The van der Waals surface area contributed by atoms with Crippen molar-refractivity contribution in [2.45, 2.75) is 67.5 Å². The lowest BCUT2D eigenvalue weighted by Gasteiger charge is -2.45. The highest BCUT2D eigenvalue weighted by Gasteiger charge is 2.51. The van der Waals surface area contributed by atoms with E-state index in [2.05, 4.69) is 34.1 Å². The first-order valence-electron chi connectivity index (χ1n) is 16.2. The number of rotatable bonds is 13. The average molecular weight is 713 g/mol. The van der Waals surface area contributed by atoms with E-state index in [9.17, 15) is 40.5 Å². The van der Waals surface area contributed by atoms with Gasteiger partial charge in [0.25, 0.3) is 0 Å². The first kappa shape index (κ1) is 37.9. The summed E-state index contributed by atoms with van der Waals surface area (Å²) in [6.45, 7) is 2.10. The van der Waals surface area contributed by atoms with Crippen LogP contribution in [0.2, 0.25) is 5.02 Å². The topological polar surface area (TPSA) is 211 Å². The Morgan fingerprint density at radius 2 is 1.39 bits per heavy atom. The number of hydrogen-bond donors (Lipinski definition) is 7. The monoisotopic (exact) mass is 712 g/mol. The molecule has 0 spiro atoms. The van der Waals surface area contributed by atoms with E-state index in [1.54, 1.807) is 0 Å². The van der Waals surface area contributed by atoms with Crippen LogP contribution in [0.3, 0.4) is 0 Å². The van der Waals surface area contributed by atoms with E-state index in [4.69, 9.17) is 35.3 Å². The van der Waals surface area contributed by atoms with Crippen LogP contribution in [0.25, 0.3) is 0 Å².